The maximum absolute atomic E-state index is 12.8. The van der Waals surface area contributed by atoms with Crippen LogP contribution in [0.25, 0.3) is 0 Å². The van der Waals surface area contributed by atoms with E-state index in [1.807, 2.05) is 31.2 Å². The molecule has 1 aromatic carbocycles. The lowest BCUT2D eigenvalue weighted by Crippen LogP contribution is -2.27. The van der Waals surface area contributed by atoms with E-state index in [2.05, 4.69) is 10.3 Å². The Morgan fingerprint density at radius 2 is 1.92 bits per heavy atom. The summed E-state index contributed by atoms with van der Waals surface area (Å²) in [7, 11) is 1.32. The Kier molecular flexibility index (Phi) is 5.85. The molecule has 25 heavy (non-hydrogen) atoms. The number of ketones is 1. The molecular formula is C19H24N2O4. The summed E-state index contributed by atoms with van der Waals surface area (Å²) in [5, 5.41) is 3.18. The number of nitrogens with one attached hydrogen (secondary N) is 2. The SMILES string of the molecule is CCOc1ccccc1N[C@H](C)C(=O)c1[nH]c(C)c(C(=O)OC)c1C. The lowest BCUT2D eigenvalue weighted by Gasteiger charge is -2.17. The smallest absolute Gasteiger partial charge is 0.339 e. The molecule has 6 nitrogen and oxygen atoms in total. The van der Waals surface area contributed by atoms with Crippen molar-refractivity contribution in [1.82, 2.24) is 4.98 Å². The number of aromatic nitrogens is 1. The fraction of sp³-hybridized carbons (Fsp3) is 0.368. The first kappa shape index (κ1) is 18.6. The second kappa shape index (κ2) is 7.88. The van der Waals surface area contributed by atoms with Crippen LogP contribution >= 0.6 is 0 Å². The van der Waals surface area contributed by atoms with Crippen LogP contribution in [0.2, 0.25) is 0 Å². The van der Waals surface area contributed by atoms with E-state index < -0.39 is 12.0 Å². The number of Topliss-reactive ketones (excluding diaryl/α,β-unsaturated/α-hetero) is 1. The Labute approximate surface area is 147 Å². The molecule has 0 aliphatic carbocycles. The van der Waals surface area contributed by atoms with E-state index in [-0.39, 0.29) is 5.78 Å². The maximum atomic E-state index is 12.8. The fourth-order valence-electron chi connectivity index (χ4n) is 2.79. The van der Waals surface area contributed by atoms with Gasteiger partial charge in [0.25, 0.3) is 0 Å². The van der Waals surface area contributed by atoms with E-state index in [9.17, 15) is 9.59 Å². The Balaban J connectivity index is 2.25. The van der Waals surface area contributed by atoms with E-state index in [4.69, 9.17) is 9.47 Å². The van der Waals surface area contributed by atoms with Gasteiger partial charge < -0.3 is 19.8 Å². The van der Waals surface area contributed by atoms with Crippen LogP contribution in [0.15, 0.2) is 24.3 Å². The molecular weight excluding hydrogens is 320 g/mol. The molecule has 6 heteroatoms. The van der Waals surface area contributed by atoms with Crippen molar-refractivity contribution < 1.29 is 19.1 Å². The highest BCUT2D eigenvalue weighted by Crippen LogP contribution is 2.26. The number of ether oxygens (including phenoxy) is 2. The van der Waals surface area contributed by atoms with Crippen LogP contribution in [0.4, 0.5) is 5.69 Å². The second-order valence-electron chi connectivity index (χ2n) is 5.78. The largest absolute Gasteiger partial charge is 0.492 e. The van der Waals surface area contributed by atoms with Crippen molar-refractivity contribution in [3.63, 3.8) is 0 Å². The van der Waals surface area contributed by atoms with Gasteiger partial charge in [-0.05, 0) is 45.4 Å². The molecule has 0 saturated heterocycles. The molecule has 0 aliphatic rings. The molecule has 0 aliphatic heterocycles. The molecule has 0 unspecified atom stereocenters. The van der Waals surface area contributed by atoms with Gasteiger partial charge in [-0.25, -0.2) is 4.79 Å². The number of para-hydroxylation sites is 2. The van der Waals surface area contributed by atoms with Crippen LogP contribution in [0.5, 0.6) is 5.75 Å². The Bertz CT molecular complexity index is 780. The molecule has 0 spiro atoms. The zero-order valence-corrected chi connectivity index (χ0v) is 15.2. The number of hydrogen-bond acceptors (Lipinski definition) is 5. The standard InChI is InChI=1S/C19H24N2O4/c1-6-25-15-10-8-7-9-14(15)20-13(4)18(22)17-11(2)16(12(3)21-17)19(23)24-5/h7-10,13,20-21H,6H2,1-5H3/t13-/m1/s1. The Morgan fingerprint density at radius 3 is 2.56 bits per heavy atom. The molecule has 0 amide bonds. The molecule has 134 valence electrons. The van der Waals surface area contributed by atoms with Gasteiger partial charge in [-0.2, -0.15) is 0 Å². The number of anilines is 1. The zero-order valence-electron chi connectivity index (χ0n) is 15.2. The molecule has 0 radical (unpaired) electrons. The van der Waals surface area contributed by atoms with Crippen LogP contribution in [0.1, 0.15) is 46.0 Å². The Morgan fingerprint density at radius 1 is 1.24 bits per heavy atom. The number of carbonyl (C=O) groups excluding carboxylic acids is 2. The maximum Gasteiger partial charge on any atom is 0.339 e. The van der Waals surface area contributed by atoms with Gasteiger partial charge >= 0.3 is 5.97 Å². The molecule has 1 aromatic heterocycles. The minimum Gasteiger partial charge on any atom is -0.492 e. The van der Waals surface area contributed by atoms with E-state index in [0.717, 1.165) is 5.69 Å². The van der Waals surface area contributed by atoms with Gasteiger partial charge in [0.2, 0.25) is 5.78 Å². The average Bonchev–Trinajstić information content (AvgIpc) is 2.90. The van der Waals surface area contributed by atoms with Gasteiger partial charge in [-0.3, -0.25) is 4.79 Å². The van der Waals surface area contributed by atoms with Crippen LogP contribution in [-0.4, -0.2) is 36.5 Å². The zero-order chi connectivity index (χ0) is 18.6. The summed E-state index contributed by atoms with van der Waals surface area (Å²) in [6.07, 6.45) is 0. The molecule has 2 N–H and O–H groups in total. The van der Waals surface area contributed by atoms with Crippen LogP contribution < -0.4 is 10.1 Å². The predicted octanol–water partition coefficient (Wildman–Crippen LogP) is 3.50. The topological polar surface area (TPSA) is 80.4 Å². The highest BCUT2D eigenvalue weighted by Gasteiger charge is 2.25. The van der Waals surface area contributed by atoms with Crippen LogP contribution in [0, 0.1) is 13.8 Å². The van der Waals surface area contributed by atoms with Gasteiger partial charge in [0.05, 0.1) is 36.7 Å². The van der Waals surface area contributed by atoms with Crippen molar-refractivity contribution in [2.75, 3.05) is 19.0 Å². The van der Waals surface area contributed by atoms with Gasteiger partial charge in [-0.1, -0.05) is 12.1 Å². The van der Waals surface area contributed by atoms with Crippen molar-refractivity contribution in [2.24, 2.45) is 0 Å². The van der Waals surface area contributed by atoms with Crippen molar-refractivity contribution in [3.8, 4) is 5.75 Å². The number of methoxy groups -OCH3 is 1. The van der Waals surface area contributed by atoms with Gasteiger partial charge in [-0.15, -0.1) is 0 Å². The summed E-state index contributed by atoms with van der Waals surface area (Å²) in [5.41, 5.74) is 2.79. The number of H-pyrrole nitrogens is 1. The molecule has 1 heterocycles. The summed E-state index contributed by atoms with van der Waals surface area (Å²) in [6, 6.07) is 6.97. The summed E-state index contributed by atoms with van der Waals surface area (Å²) < 4.78 is 10.4. The summed E-state index contributed by atoms with van der Waals surface area (Å²) in [4.78, 5) is 27.7. The van der Waals surface area contributed by atoms with Gasteiger partial charge in [0.15, 0.2) is 0 Å². The van der Waals surface area contributed by atoms with Crippen molar-refractivity contribution >= 4 is 17.4 Å². The normalized spacial score (nSPS) is 11.7. The second-order valence-corrected chi connectivity index (χ2v) is 5.78. The minimum absolute atomic E-state index is 0.137. The fourth-order valence-corrected chi connectivity index (χ4v) is 2.79. The molecule has 0 saturated carbocycles. The number of esters is 1. The summed E-state index contributed by atoms with van der Waals surface area (Å²) in [6.45, 7) is 7.71. The predicted molar refractivity (Wildman–Crippen MR) is 96.6 cm³/mol. The van der Waals surface area contributed by atoms with E-state index >= 15 is 0 Å². The first-order valence-electron chi connectivity index (χ1n) is 8.20. The highest BCUT2D eigenvalue weighted by molar-refractivity contribution is 6.04. The number of hydrogen-bond donors (Lipinski definition) is 2. The first-order chi connectivity index (χ1) is 11.9. The summed E-state index contributed by atoms with van der Waals surface area (Å²) >= 11 is 0. The number of aryl methyl sites for hydroxylation is 1. The van der Waals surface area contributed by atoms with E-state index in [1.54, 1.807) is 20.8 Å². The van der Waals surface area contributed by atoms with Crippen molar-refractivity contribution in [3.05, 3.63) is 46.8 Å². The molecule has 0 bridgehead atoms. The number of carbonyl (C=O) groups is 2. The quantitative estimate of drug-likeness (QED) is 0.593. The van der Waals surface area contributed by atoms with E-state index in [1.165, 1.54) is 7.11 Å². The molecule has 2 aromatic rings. The highest BCUT2D eigenvalue weighted by atomic mass is 16.5. The first-order valence-corrected chi connectivity index (χ1v) is 8.20. The van der Waals surface area contributed by atoms with Gasteiger partial charge in [0, 0.05) is 5.69 Å². The number of aromatic amines is 1. The van der Waals surface area contributed by atoms with Crippen LogP contribution in [0.3, 0.4) is 0 Å². The van der Waals surface area contributed by atoms with Gasteiger partial charge in [0.1, 0.15) is 5.75 Å². The average molecular weight is 344 g/mol. The van der Waals surface area contributed by atoms with Crippen molar-refractivity contribution in [2.45, 2.75) is 33.7 Å². The molecule has 0 fully saturated rings. The lowest BCUT2D eigenvalue weighted by molar-refractivity contribution is 0.0599. The van der Waals surface area contributed by atoms with Crippen LogP contribution in [-0.2, 0) is 4.74 Å². The lowest BCUT2D eigenvalue weighted by atomic mass is 10.0. The third kappa shape index (κ3) is 3.84. The minimum atomic E-state index is -0.496. The number of rotatable bonds is 7. The molecule has 1 atom stereocenters. The number of benzene rings is 1. The van der Waals surface area contributed by atoms with Crippen molar-refractivity contribution in [1.29, 1.82) is 0 Å². The van der Waals surface area contributed by atoms with E-state index in [0.29, 0.717) is 34.9 Å². The monoisotopic (exact) mass is 344 g/mol. The third-order valence-electron chi connectivity index (χ3n) is 4.03. The Hall–Kier alpha value is -2.76. The molecule has 2 rings (SSSR count). The third-order valence-corrected chi connectivity index (χ3v) is 4.03. The summed E-state index contributed by atoms with van der Waals surface area (Å²) in [5.74, 6) is 0.106.